The van der Waals surface area contributed by atoms with Gasteiger partial charge in [-0.1, -0.05) is 58.8 Å². The molecule has 0 spiro atoms. The first-order valence-electron chi connectivity index (χ1n) is 6.83. The predicted octanol–water partition coefficient (Wildman–Crippen LogP) is 4.94. The molecule has 116 valence electrons. The number of hydrogen-bond acceptors (Lipinski definition) is 2. The number of benzene rings is 2. The Kier molecular flexibility index (Phi) is 4.66. The average molecular weight is 363 g/mol. The Hall–Kier alpha value is -1.88. The number of fused-ring (bicyclic) bond motifs is 1. The second-order valence-corrected chi connectivity index (χ2v) is 6.65. The molecule has 0 saturated carbocycles. The van der Waals surface area contributed by atoms with E-state index in [0.29, 0.717) is 27.0 Å². The van der Waals surface area contributed by atoms with Crippen molar-refractivity contribution in [1.29, 1.82) is 0 Å². The van der Waals surface area contributed by atoms with Crippen LogP contribution in [0.15, 0.2) is 60.1 Å². The van der Waals surface area contributed by atoms with Gasteiger partial charge in [0.2, 0.25) is 0 Å². The lowest BCUT2D eigenvalue weighted by Gasteiger charge is -2.03. The number of allylic oxidation sites excluding steroid dienone is 1. The summed E-state index contributed by atoms with van der Waals surface area (Å²) in [5, 5.41) is 1.08. The van der Waals surface area contributed by atoms with Gasteiger partial charge in [-0.3, -0.25) is 4.79 Å². The molecule has 0 atom stereocenters. The van der Waals surface area contributed by atoms with Gasteiger partial charge in [-0.15, -0.1) is 6.58 Å². The summed E-state index contributed by atoms with van der Waals surface area (Å²) >= 11 is 13.7. The summed E-state index contributed by atoms with van der Waals surface area (Å²) in [6.07, 6.45) is 1.74. The van der Waals surface area contributed by atoms with Gasteiger partial charge in [0.05, 0.1) is 15.2 Å². The molecule has 2 aromatic carbocycles. The maximum Gasteiger partial charge on any atom is 0.279 e. The minimum absolute atomic E-state index is 0.294. The zero-order chi connectivity index (χ0) is 16.4. The zero-order valence-electron chi connectivity index (χ0n) is 12.0. The number of nitrogens with zero attached hydrogens (tertiary/aromatic N) is 2. The monoisotopic (exact) mass is 362 g/mol. The van der Waals surface area contributed by atoms with Gasteiger partial charge >= 0.3 is 0 Å². The highest BCUT2D eigenvalue weighted by Gasteiger charge is 2.12. The lowest BCUT2D eigenvalue weighted by Crippen LogP contribution is -2.16. The van der Waals surface area contributed by atoms with E-state index in [-0.39, 0.29) is 5.91 Å². The van der Waals surface area contributed by atoms with E-state index in [2.05, 4.69) is 11.6 Å². The van der Waals surface area contributed by atoms with Crippen LogP contribution >= 0.6 is 34.5 Å². The number of thiazole rings is 1. The molecule has 0 aliphatic heterocycles. The molecule has 0 aliphatic carbocycles. The molecular formula is C17H12Cl2N2OS. The van der Waals surface area contributed by atoms with Gasteiger partial charge in [0.25, 0.3) is 5.91 Å². The van der Waals surface area contributed by atoms with Crippen molar-refractivity contribution >= 4 is 50.7 Å². The van der Waals surface area contributed by atoms with Crippen LogP contribution in [0.3, 0.4) is 0 Å². The molecule has 6 heteroatoms. The largest absolute Gasteiger partial charge is 0.311 e. The number of rotatable bonds is 3. The summed E-state index contributed by atoms with van der Waals surface area (Å²) in [5.74, 6) is -0.294. The summed E-state index contributed by atoms with van der Waals surface area (Å²) in [4.78, 5) is 17.2. The van der Waals surface area contributed by atoms with Crippen LogP contribution in [0, 0.1) is 0 Å². The third-order valence-electron chi connectivity index (χ3n) is 3.22. The van der Waals surface area contributed by atoms with Gasteiger partial charge < -0.3 is 4.57 Å². The number of aromatic nitrogens is 1. The van der Waals surface area contributed by atoms with Crippen molar-refractivity contribution in [3.63, 3.8) is 0 Å². The number of amides is 1. The maximum atomic E-state index is 12.3. The minimum Gasteiger partial charge on any atom is -0.311 e. The SMILES string of the molecule is C=CCn1c(=NC(=O)c2ccccc2)sc2cc(Cl)cc(Cl)c21. The second-order valence-electron chi connectivity index (χ2n) is 4.80. The van der Waals surface area contributed by atoms with E-state index < -0.39 is 0 Å². The molecule has 3 rings (SSSR count). The maximum absolute atomic E-state index is 12.3. The Morgan fingerprint density at radius 3 is 2.70 bits per heavy atom. The highest BCUT2D eigenvalue weighted by molar-refractivity contribution is 7.16. The summed E-state index contributed by atoms with van der Waals surface area (Å²) in [6, 6.07) is 12.4. The van der Waals surface area contributed by atoms with Crippen LogP contribution in [-0.4, -0.2) is 10.5 Å². The Bertz CT molecular complexity index is 958. The lowest BCUT2D eigenvalue weighted by molar-refractivity contribution is 0.0998. The van der Waals surface area contributed by atoms with Crippen LogP contribution in [0.2, 0.25) is 10.0 Å². The predicted molar refractivity (Wildman–Crippen MR) is 96.4 cm³/mol. The molecule has 0 N–H and O–H groups in total. The molecule has 0 saturated heterocycles. The van der Waals surface area contributed by atoms with Crippen molar-refractivity contribution in [2.24, 2.45) is 4.99 Å². The number of carbonyl (C=O) groups is 1. The first kappa shape index (κ1) is 16.0. The topological polar surface area (TPSA) is 34.4 Å². The van der Waals surface area contributed by atoms with Crippen molar-refractivity contribution in [3.8, 4) is 0 Å². The number of carbonyl (C=O) groups excluding carboxylic acids is 1. The molecule has 0 fully saturated rings. The van der Waals surface area contributed by atoms with Crippen LogP contribution in [-0.2, 0) is 6.54 Å². The number of halogens is 2. The first-order chi connectivity index (χ1) is 11.1. The molecule has 23 heavy (non-hydrogen) atoms. The third-order valence-corrected chi connectivity index (χ3v) is 4.76. The van der Waals surface area contributed by atoms with E-state index in [0.717, 1.165) is 10.2 Å². The fraction of sp³-hybridized carbons (Fsp3) is 0.0588. The van der Waals surface area contributed by atoms with Gasteiger partial charge in [-0.2, -0.15) is 4.99 Å². The van der Waals surface area contributed by atoms with Gasteiger partial charge in [0, 0.05) is 17.1 Å². The van der Waals surface area contributed by atoms with E-state index in [1.54, 1.807) is 24.3 Å². The molecule has 1 aromatic heterocycles. The van der Waals surface area contributed by atoms with Crippen molar-refractivity contribution in [2.75, 3.05) is 0 Å². The number of hydrogen-bond donors (Lipinski definition) is 0. The molecule has 0 radical (unpaired) electrons. The Morgan fingerprint density at radius 1 is 1.26 bits per heavy atom. The Morgan fingerprint density at radius 2 is 2.00 bits per heavy atom. The third kappa shape index (κ3) is 3.24. The summed E-state index contributed by atoms with van der Waals surface area (Å²) in [5.41, 5.74) is 1.35. The van der Waals surface area contributed by atoms with E-state index in [1.165, 1.54) is 11.3 Å². The fourth-order valence-electron chi connectivity index (χ4n) is 2.25. The smallest absolute Gasteiger partial charge is 0.279 e. The van der Waals surface area contributed by atoms with Crippen LogP contribution in [0.4, 0.5) is 0 Å². The average Bonchev–Trinajstić information content (AvgIpc) is 2.86. The van der Waals surface area contributed by atoms with Gasteiger partial charge in [-0.25, -0.2) is 0 Å². The summed E-state index contributed by atoms with van der Waals surface area (Å²) in [6.45, 7) is 4.26. The Balaban J connectivity index is 2.22. The van der Waals surface area contributed by atoms with Gasteiger partial charge in [-0.05, 0) is 24.3 Å². The van der Waals surface area contributed by atoms with Crippen LogP contribution < -0.4 is 4.80 Å². The van der Waals surface area contributed by atoms with E-state index in [9.17, 15) is 4.79 Å². The van der Waals surface area contributed by atoms with E-state index in [1.807, 2.05) is 28.8 Å². The minimum atomic E-state index is -0.294. The fourth-order valence-corrected chi connectivity index (χ4v) is 4.07. The van der Waals surface area contributed by atoms with Crippen molar-refractivity contribution in [1.82, 2.24) is 4.57 Å². The summed E-state index contributed by atoms with van der Waals surface area (Å²) in [7, 11) is 0. The van der Waals surface area contributed by atoms with Gasteiger partial charge in [0.1, 0.15) is 0 Å². The first-order valence-corrected chi connectivity index (χ1v) is 8.41. The quantitative estimate of drug-likeness (QED) is 0.607. The molecular weight excluding hydrogens is 351 g/mol. The van der Waals surface area contributed by atoms with Gasteiger partial charge in [0.15, 0.2) is 4.80 Å². The standard InChI is InChI=1S/C17H12Cl2N2OS/c1-2-8-21-15-13(19)9-12(18)10-14(15)23-17(21)20-16(22)11-6-4-3-5-7-11/h2-7,9-10H,1,8H2. The molecule has 3 nitrogen and oxygen atoms in total. The molecule has 1 heterocycles. The molecule has 0 bridgehead atoms. The van der Waals surface area contributed by atoms with Crippen molar-refractivity contribution < 1.29 is 4.79 Å². The lowest BCUT2D eigenvalue weighted by atomic mass is 10.2. The van der Waals surface area contributed by atoms with Crippen LogP contribution in [0.5, 0.6) is 0 Å². The second kappa shape index (κ2) is 6.71. The Labute approximate surface area is 147 Å². The highest BCUT2D eigenvalue weighted by atomic mass is 35.5. The molecule has 3 aromatic rings. The summed E-state index contributed by atoms with van der Waals surface area (Å²) < 4.78 is 2.75. The van der Waals surface area contributed by atoms with Crippen LogP contribution in [0.25, 0.3) is 10.2 Å². The van der Waals surface area contributed by atoms with Crippen molar-refractivity contribution in [3.05, 3.63) is 75.5 Å². The normalized spacial score (nSPS) is 11.8. The van der Waals surface area contributed by atoms with Crippen LogP contribution in [0.1, 0.15) is 10.4 Å². The highest BCUT2D eigenvalue weighted by Crippen LogP contribution is 2.29. The molecule has 0 unspecified atom stereocenters. The van der Waals surface area contributed by atoms with E-state index in [4.69, 9.17) is 23.2 Å². The molecule has 1 amide bonds. The molecule has 0 aliphatic rings. The van der Waals surface area contributed by atoms with E-state index >= 15 is 0 Å². The van der Waals surface area contributed by atoms with Crippen molar-refractivity contribution in [2.45, 2.75) is 6.54 Å². The zero-order valence-corrected chi connectivity index (χ0v) is 14.3.